The molecule has 2 aromatic carbocycles. The summed E-state index contributed by atoms with van der Waals surface area (Å²) in [6.07, 6.45) is 1.41. The van der Waals surface area contributed by atoms with E-state index in [0.717, 1.165) is 0 Å². The van der Waals surface area contributed by atoms with Crippen molar-refractivity contribution in [3.05, 3.63) is 41.5 Å². The third-order valence-corrected chi connectivity index (χ3v) is 4.04. The highest BCUT2D eigenvalue weighted by molar-refractivity contribution is 6.10. The fourth-order valence-electron chi connectivity index (χ4n) is 2.65. The van der Waals surface area contributed by atoms with E-state index < -0.39 is 5.91 Å². The molecule has 8 heteroatoms. The Morgan fingerprint density at radius 2 is 1.48 bits per heavy atom. The van der Waals surface area contributed by atoms with Crippen molar-refractivity contribution in [2.24, 2.45) is 0 Å². The van der Waals surface area contributed by atoms with E-state index in [1.807, 2.05) is 6.07 Å². The smallest absolute Gasteiger partial charge is 0.266 e. The second-order valence-corrected chi connectivity index (χ2v) is 5.62. The Morgan fingerprint density at radius 1 is 0.862 bits per heavy atom. The fraction of sp³-hybridized carbons (Fsp3) is 0.238. The van der Waals surface area contributed by atoms with E-state index in [0.29, 0.717) is 40.0 Å². The van der Waals surface area contributed by atoms with Crippen molar-refractivity contribution in [1.82, 2.24) is 0 Å². The normalized spacial score (nSPS) is 10.6. The zero-order chi connectivity index (χ0) is 21.4. The molecule has 0 heterocycles. The monoisotopic (exact) mass is 398 g/mol. The van der Waals surface area contributed by atoms with Crippen LogP contribution in [0.5, 0.6) is 28.7 Å². The van der Waals surface area contributed by atoms with E-state index in [-0.39, 0.29) is 5.57 Å². The molecule has 0 saturated heterocycles. The SMILES string of the molecule is COc1ccc(NC(=O)/C(C#N)=C/c2ccc(OC)c(OC)c2OC)cc1OC. The Bertz CT molecular complexity index is 962. The van der Waals surface area contributed by atoms with Gasteiger partial charge in [0, 0.05) is 17.3 Å². The first-order valence-corrected chi connectivity index (χ1v) is 8.47. The molecule has 29 heavy (non-hydrogen) atoms. The number of carbonyl (C=O) groups is 1. The summed E-state index contributed by atoms with van der Waals surface area (Å²) in [5.41, 5.74) is 0.822. The summed E-state index contributed by atoms with van der Waals surface area (Å²) in [5, 5.41) is 12.2. The summed E-state index contributed by atoms with van der Waals surface area (Å²) in [6, 6.07) is 10.1. The molecule has 1 amide bonds. The number of rotatable bonds is 8. The standard InChI is InChI=1S/C21H22N2O6/c1-25-16-9-7-15(11-18(16)27-3)23-21(24)14(12-22)10-13-6-8-17(26-2)20(29-5)19(13)28-4/h6-11H,1-5H3,(H,23,24)/b14-10+. The van der Waals surface area contributed by atoms with Crippen molar-refractivity contribution in [2.75, 3.05) is 40.9 Å². The van der Waals surface area contributed by atoms with Crippen LogP contribution in [0.4, 0.5) is 5.69 Å². The number of hydrogen-bond acceptors (Lipinski definition) is 7. The van der Waals surface area contributed by atoms with Crippen LogP contribution in [0.2, 0.25) is 0 Å². The average Bonchev–Trinajstić information content (AvgIpc) is 2.76. The first-order valence-electron chi connectivity index (χ1n) is 8.47. The van der Waals surface area contributed by atoms with Gasteiger partial charge in [-0.2, -0.15) is 5.26 Å². The lowest BCUT2D eigenvalue weighted by Gasteiger charge is -2.14. The first kappa shape index (κ1) is 21.4. The van der Waals surface area contributed by atoms with Gasteiger partial charge in [0.1, 0.15) is 11.6 Å². The van der Waals surface area contributed by atoms with Crippen LogP contribution in [0, 0.1) is 11.3 Å². The molecule has 0 radical (unpaired) electrons. The molecule has 0 aliphatic rings. The largest absolute Gasteiger partial charge is 0.493 e. The number of nitriles is 1. The number of benzene rings is 2. The second-order valence-electron chi connectivity index (χ2n) is 5.62. The predicted molar refractivity (Wildman–Crippen MR) is 108 cm³/mol. The zero-order valence-electron chi connectivity index (χ0n) is 16.9. The molecule has 1 N–H and O–H groups in total. The number of amides is 1. The van der Waals surface area contributed by atoms with Crippen molar-refractivity contribution < 1.29 is 28.5 Å². The van der Waals surface area contributed by atoms with E-state index in [1.165, 1.54) is 41.6 Å². The van der Waals surface area contributed by atoms with Crippen molar-refractivity contribution in [2.45, 2.75) is 0 Å². The first-order chi connectivity index (χ1) is 14.0. The van der Waals surface area contributed by atoms with Crippen molar-refractivity contribution >= 4 is 17.7 Å². The molecular formula is C21H22N2O6. The second kappa shape index (κ2) is 9.90. The molecule has 0 aromatic heterocycles. The van der Waals surface area contributed by atoms with Crippen LogP contribution in [-0.4, -0.2) is 41.5 Å². The number of carbonyl (C=O) groups excluding carboxylic acids is 1. The van der Waals surface area contributed by atoms with Crippen molar-refractivity contribution in [1.29, 1.82) is 5.26 Å². The molecule has 0 saturated carbocycles. The summed E-state index contributed by atoms with van der Waals surface area (Å²) in [5.74, 6) is 1.57. The molecule has 2 aromatic rings. The molecule has 8 nitrogen and oxygen atoms in total. The van der Waals surface area contributed by atoms with Gasteiger partial charge in [-0.05, 0) is 30.3 Å². The summed E-state index contributed by atoms with van der Waals surface area (Å²) in [4.78, 5) is 12.6. The molecule has 0 atom stereocenters. The lowest BCUT2D eigenvalue weighted by molar-refractivity contribution is -0.112. The van der Waals surface area contributed by atoms with E-state index >= 15 is 0 Å². The van der Waals surface area contributed by atoms with Gasteiger partial charge in [-0.3, -0.25) is 4.79 Å². The predicted octanol–water partition coefficient (Wildman–Crippen LogP) is 3.28. The Hall–Kier alpha value is -3.86. The molecule has 0 aliphatic carbocycles. The Kier molecular flexibility index (Phi) is 7.32. The van der Waals surface area contributed by atoms with Gasteiger partial charge >= 0.3 is 0 Å². The number of methoxy groups -OCH3 is 5. The Labute approximate surface area is 169 Å². The molecule has 0 aliphatic heterocycles. The number of anilines is 1. The molecule has 152 valence electrons. The summed E-state index contributed by atoms with van der Waals surface area (Å²) in [7, 11) is 7.45. The third kappa shape index (κ3) is 4.71. The van der Waals surface area contributed by atoms with E-state index in [2.05, 4.69) is 5.32 Å². The van der Waals surface area contributed by atoms with Gasteiger partial charge in [-0.15, -0.1) is 0 Å². The van der Waals surface area contributed by atoms with Crippen LogP contribution in [0.15, 0.2) is 35.9 Å². The van der Waals surface area contributed by atoms with Crippen molar-refractivity contribution in [3.8, 4) is 34.8 Å². The average molecular weight is 398 g/mol. The highest BCUT2D eigenvalue weighted by Gasteiger charge is 2.17. The van der Waals surface area contributed by atoms with Crippen molar-refractivity contribution in [3.63, 3.8) is 0 Å². The highest BCUT2D eigenvalue weighted by Crippen LogP contribution is 2.40. The minimum Gasteiger partial charge on any atom is -0.493 e. The lowest BCUT2D eigenvalue weighted by Crippen LogP contribution is -2.13. The van der Waals surface area contributed by atoms with Gasteiger partial charge < -0.3 is 29.0 Å². The third-order valence-electron chi connectivity index (χ3n) is 4.04. The van der Waals surface area contributed by atoms with Crippen LogP contribution in [0.3, 0.4) is 0 Å². The van der Waals surface area contributed by atoms with Crippen LogP contribution >= 0.6 is 0 Å². The van der Waals surface area contributed by atoms with E-state index in [9.17, 15) is 10.1 Å². The Balaban J connectivity index is 2.37. The molecule has 0 unspecified atom stereocenters. The van der Waals surface area contributed by atoms with E-state index in [4.69, 9.17) is 23.7 Å². The van der Waals surface area contributed by atoms with Gasteiger partial charge in [-0.1, -0.05) is 0 Å². The molecule has 0 bridgehead atoms. The minimum absolute atomic E-state index is 0.120. The molecule has 2 rings (SSSR count). The summed E-state index contributed by atoms with van der Waals surface area (Å²) >= 11 is 0. The van der Waals surface area contributed by atoms with Crippen LogP contribution < -0.4 is 29.0 Å². The van der Waals surface area contributed by atoms with Gasteiger partial charge in [0.2, 0.25) is 5.75 Å². The fourth-order valence-corrected chi connectivity index (χ4v) is 2.65. The number of hydrogen-bond donors (Lipinski definition) is 1. The van der Waals surface area contributed by atoms with Gasteiger partial charge in [0.15, 0.2) is 23.0 Å². The zero-order valence-corrected chi connectivity index (χ0v) is 16.9. The molecule has 0 fully saturated rings. The van der Waals surface area contributed by atoms with Crippen LogP contribution in [0.25, 0.3) is 6.08 Å². The quantitative estimate of drug-likeness (QED) is 0.538. The topological polar surface area (TPSA) is 99.0 Å². The summed E-state index contributed by atoms with van der Waals surface area (Å²) < 4.78 is 26.4. The lowest BCUT2D eigenvalue weighted by atomic mass is 10.1. The molecule has 0 spiro atoms. The number of nitrogens with zero attached hydrogens (tertiary/aromatic N) is 1. The van der Waals surface area contributed by atoms with Gasteiger partial charge in [-0.25, -0.2) is 0 Å². The van der Waals surface area contributed by atoms with E-state index in [1.54, 1.807) is 30.3 Å². The maximum Gasteiger partial charge on any atom is 0.266 e. The number of nitrogens with one attached hydrogen (secondary N) is 1. The van der Waals surface area contributed by atoms with Crippen LogP contribution in [-0.2, 0) is 4.79 Å². The minimum atomic E-state index is -0.587. The maximum atomic E-state index is 12.6. The van der Waals surface area contributed by atoms with Gasteiger partial charge in [0.25, 0.3) is 5.91 Å². The summed E-state index contributed by atoms with van der Waals surface area (Å²) in [6.45, 7) is 0. The maximum absolute atomic E-state index is 12.6. The van der Waals surface area contributed by atoms with Crippen LogP contribution in [0.1, 0.15) is 5.56 Å². The Morgan fingerprint density at radius 3 is 2.03 bits per heavy atom. The number of ether oxygens (including phenoxy) is 5. The van der Waals surface area contributed by atoms with Gasteiger partial charge in [0.05, 0.1) is 35.5 Å². The highest BCUT2D eigenvalue weighted by atomic mass is 16.5. The molecular weight excluding hydrogens is 376 g/mol.